The van der Waals surface area contributed by atoms with Crippen molar-refractivity contribution in [1.82, 2.24) is 15.0 Å². The van der Waals surface area contributed by atoms with Crippen LogP contribution in [0.25, 0.3) is 11.1 Å². The number of aromatic nitrogens is 3. The van der Waals surface area contributed by atoms with Gasteiger partial charge in [0.05, 0.1) is 6.20 Å². The van der Waals surface area contributed by atoms with Crippen molar-refractivity contribution in [2.45, 2.75) is 26.3 Å². The van der Waals surface area contributed by atoms with Crippen LogP contribution in [0.4, 0.5) is 0 Å². The molecule has 7 nitrogen and oxygen atoms in total. The normalized spacial score (nSPS) is 18.7. The summed E-state index contributed by atoms with van der Waals surface area (Å²) in [6.07, 6.45) is 6.74. The lowest BCUT2D eigenvalue weighted by atomic mass is 9.80. The van der Waals surface area contributed by atoms with Crippen molar-refractivity contribution >= 4 is 6.02 Å². The van der Waals surface area contributed by atoms with Crippen LogP contribution in [0.3, 0.4) is 0 Å². The molecule has 1 atom stereocenters. The van der Waals surface area contributed by atoms with Gasteiger partial charge < -0.3 is 15.2 Å². The Kier molecular flexibility index (Phi) is 4.19. The lowest BCUT2D eigenvalue weighted by Crippen LogP contribution is -2.31. The Bertz CT molecular complexity index is 1270. The largest absolute Gasteiger partial charge is 0.462 e. The van der Waals surface area contributed by atoms with E-state index in [9.17, 15) is 0 Å². The quantitative estimate of drug-likeness (QED) is 0.615. The van der Waals surface area contributed by atoms with E-state index in [1.165, 1.54) is 6.33 Å². The first kappa shape index (κ1) is 19.1. The van der Waals surface area contributed by atoms with E-state index in [1.807, 2.05) is 24.3 Å². The van der Waals surface area contributed by atoms with Gasteiger partial charge >= 0.3 is 0 Å². The van der Waals surface area contributed by atoms with Crippen LogP contribution >= 0.6 is 0 Å². The van der Waals surface area contributed by atoms with Gasteiger partial charge in [0.25, 0.3) is 6.02 Å². The summed E-state index contributed by atoms with van der Waals surface area (Å²) >= 11 is 0. The van der Waals surface area contributed by atoms with Crippen molar-refractivity contribution in [3.8, 4) is 34.5 Å². The highest BCUT2D eigenvalue weighted by Crippen LogP contribution is 2.51. The molecule has 0 saturated heterocycles. The first-order valence-corrected chi connectivity index (χ1v) is 9.94. The lowest BCUT2D eigenvalue weighted by molar-refractivity contribution is 0.264. The number of nitrogens with two attached hydrogens (primary N) is 1. The molecule has 1 aromatic carbocycles. The van der Waals surface area contributed by atoms with Gasteiger partial charge in [-0.2, -0.15) is 0 Å². The summed E-state index contributed by atoms with van der Waals surface area (Å²) in [6.45, 7) is 6.45. The molecule has 2 aromatic heterocycles. The molecule has 0 bridgehead atoms. The number of pyridine rings is 1. The summed E-state index contributed by atoms with van der Waals surface area (Å²) in [7, 11) is 0. The lowest BCUT2D eigenvalue weighted by Gasteiger charge is -2.33. The fourth-order valence-corrected chi connectivity index (χ4v) is 3.71. The molecule has 3 aromatic rings. The van der Waals surface area contributed by atoms with Crippen molar-refractivity contribution in [1.29, 1.82) is 0 Å². The van der Waals surface area contributed by atoms with Gasteiger partial charge in [-0.1, -0.05) is 12.0 Å². The van der Waals surface area contributed by atoms with Gasteiger partial charge in [0.1, 0.15) is 24.4 Å². The van der Waals surface area contributed by atoms with Crippen LogP contribution in [0.1, 0.15) is 37.6 Å². The Balaban J connectivity index is 1.69. The molecule has 31 heavy (non-hydrogen) atoms. The maximum Gasteiger partial charge on any atom is 0.283 e. The summed E-state index contributed by atoms with van der Waals surface area (Å²) < 4.78 is 11.8. The summed E-state index contributed by atoms with van der Waals surface area (Å²) in [6, 6.07) is 7.98. The van der Waals surface area contributed by atoms with Crippen LogP contribution in [0, 0.1) is 17.3 Å². The van der Waals surface area contributed by atoms with Crippen LogP contribution in [-0.2, 0) is 10.3 Å². The van der Waals surface area contributed by atoms with E-state index >= 15 is 0 Å². The topological polar surface area (TPSA) is 95.5 Å². The van der Waals surface area contributed by atoms with Crippen LogP contribution in [0.15, 0.2) is 54.2 Å². The van der Waals surface area contributed by atoms with Crippen molar-refractivity contribution in [3.05, 3.63) is 66.0 Å². The Morgan fingerprint density at radius 2 is 1.77 bits per heavy atom. The van der Waals surface area contributed by atoms with Crippen molar-refractivity contribution in [2.24, 2.45) is 16.1 Å². The molecular weight excluding hydrogens is 390 g/mol. The van der Waals surface area contributed by atoms with E-state index in [2.05, 4.69) is 47.6 Å². The van der Waals surface area contributed by atoms with E-state index in [0.29, 0.717) is 17.2 Å². The molecule has 2 aliphatic heterocycles. The minimum Gasteiger partial charge on any atom is -0.462 e. The number of hydrogen-bond acceptors (Lipinski definition) is 7. The highest BCUT2D eigenvalue weighted by Gasteiger charge is 2.47. The molecule has 1 spiro atoms. The predicted octanol–water partition coefficient (Wildman–Crippen LogP) is 3.63. The minimum absolute atomic E-state index is 0.135. The Labute approximate surface area is 180 Å². The molecule has 2 aliphatic rings. The second-order valence-corrected chi connectivity index (χ2v) is 8.60. The average molecular weight is 411 g/mol. The number of fused-ring (bicyclic) bond motifs is 4. The summed E-state index contributed by atoms with van der Waals surface area (Å²) in [5.74, 6) is 7.69. The number of aliphatic imine (C=N–C) groups is 1. The molecule has 7 heteroatoms. The SMILES string of the molecule is CC(C)(C)C#Cc1cc2c(cn1)Oc1ccc(-c3cncnc3)cc1[C@@]21COC(N)=N1. The molecule has 0 saturated carbocycles. The molecule has 154 valence electrons. The number of ether oxygens (including phenoxy) is 2. The van der Waals surface area contributed by atoms with Gasteiger partial charge in [-0.15, -0.1) is 0 Å². The highest BCUT2D eigenvalue weighted by molar-refractivity contribution is 5.77. The standard InChI is InChI=1S/C24H21N5O2/c1-23(2,3)7-6-17-9-19-21(12-28-17)31-20-5-4-15(16-10-26-14-27-11-16)8-18(20)24(19)13-30-22(25)29-24/h4-5,8-12,14H,13H2,1-3H3,(H2,25,29)/t24-/m0/s1. The van der Waals surface area contributed by atoms with Gasteiger partial charge in [-0.25, -0.2) is 19.9 Å². The van der Waals surface area contributed by atoms with Gasteiger partial charge in [0.2, 0.25) is 0 Å². The Morgan fingerprint density at radius 1 is 1.00 bits per heavy atom. The zero-order chi connectivity index (χ0) is 21.6. The van der Waals surface area contributed by atoms with E-state index in [-0.39, 0.29) is 18.0 Å². The van der Waals surface area contributed by atoms with Gasteiger partial charge in [-0.3, -0.25) is 0 Å². The summed E-state index contributed by atoms with van der Waals surface area (Å²) in [5, 5.41) is 0. The average Bonchev–Trinajstić information content (AvgIpc) is 3.15. The van der Waals surface area contributed by atoms with E-state index in [1.54, 1.807) is 18.6 Å². The number of nitrogens with zero attached hydrogens (tertiary/aromatic N) is 4. The number of hydrogen-bond donors (Lipinski definition) is 1. The second kappa shape index (κ2) is 6.81. The molecule has 0 fully saturated rings. The van der Waals surface area contributed by atoms with Crippen molar-refractivity contribution in [2.75, 3.05) is 6.61 Å². The first-order chi connectivity index (χ1) is 14.8. The molecular formula is C24H21N5O2. The molecule has 0 aliphatic carbocycles. The van der Waals surface area contributed by atoms with Crippen LogP contribution < -0.4 is 10.5 Å². The fourth-order valence-electron chi connectivity index (χ4n) is 3.71. The van der Waals surface area contributed by atoms with E-state index in [0.717, 1.165) is 22.3 Å². The molecule has 0 unspecified atom stereocenters. The van der Waals surface area contributed by atoms with E-state index in [4.69, 9.17) is 20.2 Å². The monoisotopic (exact) mass is 411 g/mol. The molecule has 2 N–H and O–H groups in total. The zero-order valence-corrected chi connectivity index (χ0v) is 17.5. The van der Waals surface area contributed by atoms with Crippen LogP contribution in [-0.4, -0.2) is 27.6 Å². The second-order valence-electron chi connectivity index (χ2n) is 8.60. The zero-order valence-electron chi connectivity index (χ0n) is 17.5. The summed E-state index contributed by atoms with van der Waals surface area (Å²) in [4.78, 5) is 17.5. The maximum atomic E-state index is 6.18. The first-order valence-electron chi connectivity index (χ1n) is 9.94. The van der Waals surface area contributed by atoms with Gasteiger partial charge in [-0.05, 0) is 50.5 Å². The fraction of sp³-hybridized carbons (Fsp3) is 0.250. The Morgan fingerprint density at radius 3 is 2.48 bits per heavy atom. The third-order valence-electron chi connectivity index (χ3n) is 5.15. The number of benzene rings is 1. The van der Waals surface area contributed by atoms with Crippen molar-refractivity contribution in [3.63, 3.8) is 0 Å². The van der Waals surface area contributed by atoms with E-state index < -0.39 is 5.54 Å². The van der Waals surface area contributed by atoms with Crippen molar-refractivity contribution < 1.29 is 9.47 Å². The molecule has 0 radical (unpaired) electrons. The maximum absolute atomic E-state index is 6.18. The van der Waals surface area contributed by atoms with Gasteiger partial charge in [0, 0.05) is 34.5 Å². The minimum atomic E-state index is -0.834. The highest BCUT2D eigenvalue weighted by atomic mass is 16.5. The Hall–Kier alpha value is -3.92. The number of rotatable bonds is 1. The smallest absolute Gasteiger partial charge is 0.283 e. The molecule has 5 rings (SSSR count). The number of amidine groups is 1. The predicted molar refractivity (Wildman–Crippen MR) is 116 cm³/mol. The third kappa shape index (κ3) is 3.36. The van der Waals surface area contributed by atoms with Crippen LogP contribution in [0.5, 0.6) is 11.5 Å². The summed E-state index contributed by atoms with van der Waals surface area (Å²) in [5.41, 5.74) is 9.20. The third-order valence-corrected chi connectivity index (χ3v) is 5.15. The van der Waals surface area contributed by atoms with Gasteiger partial charge in [0.15, 0.2) is 11.3 Å². The molecule has 4 heterocycles. The molecule has 0 amide bonds. The van der Waals surface area contributed by atoms with Crippen LogP contribution in [0.2, 0.25) is 0 Å².